The van der Waals surface area contributed by atoms with E-state index < -0.39 is 26.9 Å². The second-order valence-electron chi connectivity index (χ2n) is 3.83. The van der Waals surface area contributed by atoms with Gasteiger partial charge in [0.25, 0.3) is 0 Å². The van der Waals surface area contributed by atoms with Crippen LogP contribution in [0, 0.1) is 5.92 Å². The number of carbonyl (C=O) groups is 2. The molecule has 0 bridgehead atoms. The molecule has 1 aliphatic heterocycles. The summed E-state index contributed by atoms with van der Waals surface area (Å²) in [5, 5.41) is 0.820. The summed E-state index contributed by atoms with van der Waals surface area (Å²) in [6.07, 6.45) is -0.228. The van der Waals surface area contributed by atoms with E-state index >= 15 is 0 Å². The highest BCUT2D eigenvalue weighted by molar-refractivity contribution is 7.92. The topological polar surface area (TPSA) is 80.3 Å². The molecule has 0 aliphatic carbocycles. The molecule has 1 heterocycles. The zero-order valence-corrected chi connectivity index (χ0v) is 8.93. The van der Waals surface area contributed by atoms with Gasteiger partial charge in [0.15, 0.2) is 9.84 Å². The molecule has 1 atom stereocenters. The number of amides is 2. The van der Waals surface area contributed by atoms with E-state index in [1.54, 1.807) is 13.8 Å². The van der Waals surface area contributed by atoms with Gasteiger partial charge in [0.2, 0.25) is 11.8 Å². The summed E-state index contributed by atoms with van der Waals surface area (Å²) in [5.41, 5.74) is 0. The molecule has 1 aliphatic rings. The Balaban J connectivity index is 2.83. The van der Waals surface area contributed by atoms with Crippen LogP contribution in [0.3, 0.4) is 0 Å². The standard InChI is InChI=1S/C8H13NO4S/c1-5(2)4-14(12,13)6-3-7(10)9-8(6)11/h5-6H,3-4H2,1-2H3,(H,9,10,11). The molecule has 1 saturated heterocycles. The van der Waals surface area contributed by atoms with Crippen molar-refractivity contribution in [2.45, 2.75) is 25.5 Å². The average molecular weight is 219 g/mol. The van der Waals surface area contributed by atoms with E-state index in [1.165, 1.54) is 0 Å². The Bertz CT molecular complexity index is 358. The van der Waals surface area contributed by atoms with Crippen LogP contribution in [0.25, 0.3) is 0 Å². The first-order chi connectivity index (χ1) is 6.33. The van der Waals surface area contributed by atoms with E-state index in [0.29, 0.717) is 0 Å². The van der Waals surface area contributed by atoms with Gasteiger partial charge in [0, 0.05) is 0 Å². The van der Waals surface area contributed by atoms with Crippen LogP contribution in [-0.2, 0) is 19.4 Å². The minimum absolute atomic E-state index is 0.0384. The van der Waals surface area contributed by atoms with Crippen LogP contribution in [-0.4, -0.2) is 31.2 Å². The van der Waals surface area contributed by atoms with Gasteiger partial charge in [-0.25, -0.2) is 8.42 Å². The molecular weight excluding hydrogens is 206 g/mol. The summed E-state index contributed by atoms with van der Waals surface area (Å²) in [7, 11) is -3.47. The lowest BCUT2D eigenvalue weighted by molar-refractivity contribution is -0.124. The fraction of sp³-hybridized carbons (Fsp3) is 0.750. The van der Waals surface area contributed by atoms with Crippen molar-refractivity contribution in [3.63, 3.8) is 0 Å². The Morgan fingerprint density at radius 2 is 2.00 bits per heavy atom. The number of sulfone groups is 1. The molecule has 6 heteroatoms. The molecular formula is C8H13NO4S. The number of nitrogens with one attached hydrogen (secondary N) is 1. The summed E-state index contributed by atoms with van der Waals surface area (Å²) < 4.78 is 23.2. The fourth-order valence-corrected chi connectivity index (χ4v) is 3.35. The van der Waals surface area contributed by atoms with Gasteiger partial charge < -0.3 is 0 Å². The second kappa shape index (κ2) is 3.68. The highest BCUT2D eigenvalue weighted by Gasteiger charge is 2.40. The summed E-state index contributed by atoms with van der Waals surface area (Å²) in [6, 6.07) is 0. The van der Waals surface area contributed by atoms with Crippen molar-refractivity contribution in [3.05, 3.63) is 0 Å². The molecule has 1 unspecified atom stereocenters. The SMILES string of the molecule is CC(C)CS(=O)(=O)C1CC(=O)NC1=O. The number of rotatable bonds is 3. The second-order valence-corrected chi connectivity index (χ2v) is 6.06. The van der Waals surface area contributed by atoms with Crippen molar-refractivity contribution in [2.75, 3.05) is 5.75 Å². The predicted molar refractivity (Wildman–Crippen MR) is 50.2 cm³/mol. The van der Waals surface area contributed by atoms with Gasteiger partial charge in [-0.2, -0.15) is 0 Å². The number of hydrogen-bond acceptors (Lipinski definition) is 4. The lowest BCUT2D eigenvalue weighted by Gasteiger charge is -2.09. The van der Waals surface area contributed by atoms with Crippen LogP contribution < -0.4 is 5.32 Å². The van der Waals surface area contributed by atoms with Gasteiger partial charge in [-0.1, -0.05) is 13.8 Å². The molecule has 1 rings (SSSR count). The molecule has 80 valence electrons. The summed E-state index contributed by atoms with van der Waals surface area (Å²) >= 11 is 0. The van der Waals surface area contributed by atoms with Crippen LogP contribution in [0.5, 0.6) is 0 Å². The molecule has 14 heavy (non-hydrogen) atoms. The maximum Gasteiger partial charge on any atom is 0.245 e. The fourth-order valence-electron chi connectivity index (χ4n) is 1.40. The molecule has 0 aromatic carbocycles. The van der Waals surface area contributed by atoms with Crippen molar-refractivity contribution in [3.8, 4) is 0 Å². The van der Waals surface area contributed by atoms with Gasteiger partial charge in [0.1, 0.15) is 5.25 Å². The third kappa shape index (κ3) is 2.31. The first kappa shape index (κ1) is 11.2. The van der Waals surface area contributed by atoms with Crippen molar-refractivity contribution in [1.82, 2.24) is 5.32 Å². The maximum atomic E-state index is 11.6. The highest BCUT2D eigenvalue weighted by atomic mass is 32.2. The van der Waals surface area contributed by atoms with Gasteiger partial charge in [-0.3, -0.25) is 14.9 Å². The van der Waals surface area contributed by atoms with Gasteiger partial charge in [-0.05, 0) is 5.92 Å². The molecule has 2 amide bonds. The third-order valence-corrected chi connectivity index (χ3v) is 4.30. The van der Waals surface area contributed by atoms with Crippen LogP contribution in [0.15, 0.2) is 0 Å². The van der Waals surface area contributed by atoms with Gasteiger partial charge in [0.05, 0.1) is 12.2 Å². The lowest BCUT2D eigenvalue weighted by atomic mass is 10.3. The molecule has 0 radical (unpaired) electrons. The maximum absolute atomic E-state index is 11.6. The first-order valence-electron chi connectivity index (χ1n) is 4.38. The largest absolute Gasteiger partial charge is 0.295 e. The molecule has 5 nitrogen and oxygen atoms in total. The van der Waals surface area contributed by atoms with E-state index in [0.717, 1.165) is 0 Å². The number of hydrogen-bond donors (Lipinski definition) is 1. The van der Waals surface area contributed by atoms with Gasteiger partial charge in [-0.15, -0.1) is 0 Å². The van der Waals surface area contributed by atoms with Crippen LogP contribution in [0.2, 0.25) is 0 Å². The van der Waals surface area contributed by atoms with Crippen molar-refractivity contribution >= 4 is 21.7 Å². The van der Waals surface area contributed by atoms with Crippen LogP contribution in [0.1, 0.15) is 20.3 Å². The Hall–Kier alpha value is -0.910. The summed E-state index contributed by atoms with van der Waals surface area (Å²) in [6.45, 7) is 3.51. The monoisotopic (exact) mass is 219 g/mol. The Morgan fingerprint density at radius 3 is 2.36 bits per heavy atom. The van der Waals surface area contributed by atoms with Gasteiger partial charge >= 0.3 is 0 Å². The first-order valence-corrected chi connectivity index (χ1v) is 6.09. The molecule has 1 fully saturated rings. The van der Waals surface area contributed by atoms with E-state index in [9.17, 15) is 18.0 Å². The van der Waals surface area contributed by atoms with E-state index in [4.69, 9.17) is 0 Å². The Labute approximate surface area is 82.8 Å². The zero-order chi connectivity index (χ0) is 10.9. The van der Waals surface area contributed by atoms with Crippen molar-refractivity contribution < 1.29 is 18.0 Å². The normalized spacial score (nSPS) is 22.9. The van der Waals surface area contributed by atoms with E-state index in [1.807, 2.05) is 5.32 Å². The number of imide groups is 1. The third-order valence-electron chi connectivity index (χ3n) is 1.92. The van der Waals surface area contributed by atoms with Crippen molar-refractivity contribution in [1.29, 1.82) is 0 Å². The van der Waals surface area contributed by atoms with E-state index in [2.05, 4.69) is 0 Å². The highest BCUT2D eigenvalue weighted by Crippen LogP contribution is 2.15. The summed E-state index contributed by atoms with van der Waals surface area (Å²) in [4.78, 5) is 21.9. The van der Waals surface area contributed by atoms with Crippen molar-refractivity contribution in [2.24, 2.45) is 5.92 Å². The minimum Gasteiger partial charge on any atom is -0.295 e. The smallest absolute Gasteiger partial charge is 0.245 e. The zero-order valence-electron chi connectivity index (χ0n) is 8.11. The minimum atomic E-state index is -3.47. The summed E-state index contributed by atoms with van der Waals surface area (Å²) in [5.74, 6) is -1.29. The molecule has 1 N–H and O–H groups in total. The van der Waals surface area contributed by atoms with Crippen LogP contribution in [0.4, 0.5) is 0 Å². The Kier molecular flexibility index (Phi) is 2.94. The molecule has 0 saturated carbocycles. The average Bonchev–Trinajstić information content (AvgIpc) is 2.27. The quantitative estimate of drug-likeness (QED) is 0.647. The molecule has 0 spiro atoms. The molecule has 0 aromatic heterocycles. The molecule has 0 aromatic rings. The lowest BCUT2D eigenvalue weighted by Crippen LogP contribution is -2.33. The van der Waals surface area contributed by atoms with E-state index in [-0.39, 0.29) is 18.1 Å². The van der Waals surface area contributed by atoms with Crippen LogP contribution >= 0.6 is 0 Å². The Morgan fingerprint density at radius 1 is 1.43 bits per heavy atom. The predicted octanol–water partition coefficient (Wildman–Crippen LogP) is -0.528. The number of carbonyl (C=O) groups excluding carboxylic acids is 2.